The first kappa shape index (κ1) is 21.4. The molecule has 2 heterocycles. The van der Waals surface area contributed by atoms with Gasteiger partial charge in [-0.3, -0.25) is 9.59 Å². The molecule has 146 valence electrons. The standard InChI is InChI=1S/C20H25N3O2S.ClH/c21-13-15-9-10-23(14-15)20(25)16-4-1-5-17(12-16)22-19(24)8-2-6-18-7-3-11-26-18;/h1,3-5,7,11-12,15H,2,6,8-10,13-14,21H2,(H,22,24);1H. The summed E-state index contributed by atoms with van der Waals surface area (Å²) in [7, 11) is 0. The maximum atomic E-state index is 12.6. The van der Waals surface area contributed by atoms with E-state index in [0.29, 0.717) is 36.7 Å². The van der Waals surface area contributed by atoms with Crippen LogP contribution in [0.2, 0.25) is 0 Å². The van der Waals surface area contributed by atoms with Gasteiger partial charge in [0.25, 0.3) is 5.91 Å². The van der Waals surface area contributed by atoms with Gasteiger partial charge in [-0.1, -0.05) is 12.1 Å². The van der Waals surface area contributed by atoms with Crippen LogP contribution in [0.15, 0.2) is 41.8 Å². The third-order valence-corrected chi connectivity index (χ3v) is 5.64. The molecule has 0 bridgehead atoms. The quantitative estimate of drug-likeness (QED) is 0.736. The molecule has 3 N–H and O–H groups in total. The molecule has 2 aromatic rings. The summed E-state index contributed by atoms with van der Waals surface area (Å²) < 4.78 is 0. The Bertz CT molecular complexity index is 751. The molecule has 1 aromatic heterocycles. The molecular formula is C20H26ClN3O2S. The molecule has 0 spiro atoms. The van der Waals surface area contributed by atoms with E-state index in [1.54, 1.807) is 23.5 Å². The first-order valence-electron chi connectivity index (χ1n) is 9.07. The Morgan fingerprint density at radius 2 is 2.11 bits per heavy atom. The molecule has 1 unspecified atom stereocenters. The zero-order chi connectivity index (χ0) is 18.4. The normalized spacial score (nSPS) is 16.0. The Morgan fingerprint density at radius 3 is 2.81 bits per heavy atom. The maximum absolute atomic E-state index is 12.6. The zero-order valence-electron chi connectivity index (χ0n) is 15.2. The van der Waals surface area contributed by atoms with E-state index in [2.05, 4.69) is 11.4 Å². The van der Waals surface area contributed by atoms with Crippen LogP contribution in [0, 0.1) is 5.92 Å². The predicted molar refractivity (Wildman–Crippen MR) is 113 cm³/mol. The van der Waals surface area contributed by atoms with Crippen molar-refractivity contribution in [1.29, 1.82) is 0 Å². The van der Waals surface area contributed by atoms with Gasteiger partial charge in [0.2, 0.25) is 5.91 Å². The SMILES string of the molecule is Cl.NCC1CCN(C(=O)c2cccc(NC(=O)CCCc3cccs3)c2)C1. The second-order valence-electron chi connectivity index (χ2n) is 6.70. The molecule has 0 radical (unpaired) electrons. The van der Waals surface area contributed by atoms with E-state index in [-0.39, 0.29) is 24.2 Å². The Hall–Kier alpha value is -1.89. The van der Waals surface area contributed by atoms with Crippen molar-refractivity contribution in [2.75, 3.05) is 25.0 Å². The minimum absolute atomic E-state index is 0. The lowest BCUT2D eigenvalue weighted by Crippen LogP contribution is -2.29. The van der Waals surface area contributed by atoms with Gasteiger partial charge in [0.1, 0.15) is 0 Å². The van der Waals surface area contributed by atoms with Crippen molar-refractivity contribution in [1.82, 2.24) is 4.90 Å². The van der Waals surface area contributed by atoms with Crippen LogP contribution in [0.4, 0.5) is 5.69 Å². The van der Waals surface area contributed by atoms with E-state index in [9.17, 15) is 9.59 Å². The highest BCUT2D eigenvalue weighted by atomic mass is 35.5. The predicted octanol–water partition coefficient (Wildman–Crippen LogP) is 3.55. The lowest BCUT2D eigenvalue weighted by Gasteiger charge is -2.17. The summed E-state index contributed by atoms with van der Waals surface area (Å²) >= 11 is 1.72. The van der Waals surface area contributed by atoms with Gasteiger partial charge in [-0.05, 0) is 61.4 Å². The van der Waals surface area contributed by atoms with E-state index < -0.39 is 0 Å². The fourth-order valence-electron chi connectivity index (χ4n) is 3.22. The zero-order valence-corrected chi connectivity index (χ0v) is 16.9. The number of thiophene rings is 1. The largest absolute Gasteiger partial charge is 0.338 e. The van der Waals surface area contributed by atoms with E-state index in [1.165, 1.54) is 4.88 Å². The Balaban J connectivity index is 0.00000261. The first-order chi connectivity index (χ1) is 12.7. The highest BCUT2D eigenvalue weighted by Gasteiger charge is 2.26. The summed E-state index contributed by atoms with van der Waals surface area (Å²) in [5.74, 6) is 0.385. The van der Waals surface area contributed by atoms with Gasteiger partial charge in [0.15, 0.2) is 0 Å². The highest BCUT2D eigenvalue weighted by molar-refractivity contribution is 7.09. The smallest absolute Gasteiger partial charge is 0.253 e. The number of hydrogen-bond acceptors (Lipinski definition) is 4. The van der Waals surface area contributed by atoms with Crippen molar-refractivity contribution in [2.45, 2.75) is 25.7 Å². The second-order valence-corrected chi connectivity index (χ2v) is 7.74. The van der Waals surface area contributed by atoms with Gasteiger partial charge in [-0.2, -0.15) is 0 Å². The fraction of sp³-hybridized carbons (Fsp3) is 0.400. The molecule has 1 fully saturated rings. The van der Waals surface area contributed by atoms with Crippen LogP contribution in [0.25, 0.3) is 0 Å². The van der Waals surface area contributed by atoms with E-state index in [4.69, 9.17) is 5.73 Å². The monoisotopic (exact) mass is 407 g/mol. The minimum atomic E-state index is -0.0180. The van der Waals surface area contributed by atoms with E-state index in [0.717, 1.165) is 25.8 Å². The lowest BCUT2D eigenvalue weighted by molar-refractivity contribution is -0.116. The molecular weight excluding hydrogens is 382 g/mol. The van der Waals surface area contributed by atoms with Gasteiger partial charge in [0, 0.05) is 35.6 Å². The van der Waals surface area contributed by atoms with E-state index >= 15 is 0 Å². The Morgan fingerprint density at radius 1 is 1.26 bits per heavy atom. The number of carbonyl (C=O) groups excluding carboxylic acids is 2. The minimum Gasteiger partial charge on any atom is -0.338 e. The van der Waals surface area contributed by atoms with Crippen LogP contribution >= 0.6 is 23.7 Å². The van der Waals surface area contributed by atoms with Crippen molar-refractivity contribution >= 4 is 41.2 Å². The second kappa shape index (κ2) is 10.4. The molecule has 5 nitrogen and oxygen atoms in total. The summed E-state index contributed by atoms with van der Waals surface area (Å²) in [5.41, 5.74) is 6.98. The number of anilines is 1. The van der Waals surface area contributed by atoms with Gasteiger partial charge in [0.05, 0.1) is 0 Å². The number of carbonyl (C=O) groups is 2. The molecule has 2 amide bonds. The number of nitrogens with one attached hydrogen (secondary N) is 1. The number of halogens is 1. The molecule has 1 saturated heterocycles. The summed E-state index contributed by atoms with van der Waals surface area (Å²) in [5, 5.41) is 4.95. The molecule has 3 rings (SSSR count). The molecule has 0 aliphatic carbocycles. The number of likely N-dealkylation sites (tertiary alicyclic amines) is 1. The fourth-order valence-corrected chi connectivity index (χ4v) is 3.97. The Labute approximate surface area is 170 Å². The molecule has 27 heavy (non-hydrogen) atoms. The van der Waals surface area contributed by atoms with Crippen LogP contribution in [0.3, 0.4) is 0 Å². The molecule has 1 atom stereocenters. The van der Waals surface area contributed by atoms with Crippen LogP contribution in [-0.2, 0) is 11.2 Å². The number of rotatable bonds is 7. The van der Waals surface area contributed by atoms with Gasteiger partial charge >= 0.3 is 0 Å². The third-order valence-electron chi connectivity index (χ3n) is 4.71. The van der Waals surface area contributed by atoms with Crippen molar-refractivity contribution in [3.63, 3.8) is 0 Å². The van der Waals surface area contributed by atoms with Crippen molar-refractivity contribution in [3.05, 3.63) is 52.2 Å². The molecule has 1 aliphatic rings. The summed E-state index contributed by atoms with van der Waals surface area (Å²) in [6.45, 7) is 2.08. The lowest BCUT2D eigenvalue weighted by atomic mass is 10.1. The van der Waals surface area contributed by atoms with Crippen LogP contribution in [0.1, 0.15) is 34.5 Å². The summed E-state index contributed by atoms with van der Waals surface area (Å²) in [6.07, 6.45) is 3.17. The van der Waals surface area contributed by atoms with Gasteiger partial charge in [-0.25, -0.2) is 0 Å². The molecule has 7 heteroatoms. The summed E-state index contributed by atoms with van der Waals surface area (Å²) in [6, 6.07) is 11.3. The van der Waals surface area contributed by atoms with Crippen molar-refractivity contribution in [3.8, 4) is 0 Å². The number of nitrogens with zero attached hydrogens (tertiary/aromatic N) is 1. The average molecular weight is 408 g/mol. The first-order valence-corrected chi connectivity index (χ1v) is 9.95. The van der Waals surface area contributed by atoms with Gasteiger partial charge < -0.3 is 16.0 Å². The topological polar surface area (TPSA) is 75.4 Å². The average Bonchev–Trinajstić information content (AvgIpc) is 3.33. The van der Waals surface area contributed by atoms with Crippen molar-refractivity contribution in [2.24, 2.45) is 11.7 Å². The Kier molecular flexibility index (Phi) is 8.28. The van der Waals surface area contributed by atoms with Crippen LogP contribution < -0.4 is 11.1 Å². The number of nitrogens with two attached hydrogens (primary N) is 1. The molecule has 1 aromatic carbocycles. The maximum Gasteiger partial charge on any atom is 0.253 e. The molecule has 0 saturated carbocycles. The van der Waals surface area contributed by atoms with Crippen LogP contribution in [-0.4, -0.2) is 36.3 Å². The van der Waals surface area contributed by atoms with Gasteiger partial charge in [-0.15, -0.1) is 23.7 Å². The van der Waals surface area contributed by atoms with E-state index in [1.807, 2.05) is 28.5 Å². The highest BCUT2D eigenvalue weighted by Crippen LogP contribution is 2.20. The van der Waals surface area contributed by atoms with Crippen LogP contribution in [0.5, 0.6) is 0 Å². The third kappa shape index (κ3) is 6.06. The van der Waals surface area contributed by atoms with Crippen molar-refractivity contribution < 1.29 is 9.59 Å². The summed E-state index contributed by atoms with van der Waals surface area (Å²) in [4.78, 5) is 27.9. The number of benzene rings is 1. The number of hydrogen-bond donors (Lipinski definition) is 2. The number of amides is 2. The molecule has 1 aliphatic heterocycles. The number of aryl methyl sites for hydroxylation is 1.